The van der Waals surface area contributed by atoms with Gasteiger partial charge in [0.25, 0.3) is 0 Å². The van der Waals surface area contributed by atoms with Crippen LogP contribution < -0.4 is 5.32 Å². The van der Waals surface area contributed by atoms with Crippen LogP contribution in [0.15, 0.2) is 0 Å². The van der Waals surface area contributed by atoms with Gasteiger partial charge >= 0.3 is 0 Å². The Balaban J connectivity index is 1.99. The van der Waals surface area contributed by atoms with Crippen LogP contribution in [0.1, 0.15) is 29.1 Å². The maximum atomic E-state index is 4.43. The minimum absolute atomic E-state index is 1.00. The molecule has 2 aromatic rings. The number of nitrogens with one attached hydrogen (secondary N) is 1. The molecule has 0 radical (unpaired) electrons. The average molecular weight is 282 g/mol. The van der Waals surface area contributed by atoms with Gasteiger partial charge in [0.15, 0.2) is 5.01 Å². The molecule has 2 heterocycles. The summed E-state index contributed by atoms with van der Waals surface area (Å²) in [5, 5.41) is 15.1. The van der Waals surface area contributed by atoms with Crippen molar-refractivity contribution < 1.29 is 0 Å². The number of rotatable bonds is 6. The van der Waals surface area contributed by atoms with Crippen LogP contribution in [0.2, 0.25) is 0 Å². The van der Waals surface area contributed by atoms with Gasteiger partial charge in [-0.2, -0.15) is 0 Å². The average Bonchev–Trinajstić information content (AvgIpc) is 2.91. The largest absolute Gasteiger partial charge is 0.317 e. The lowest BCUT2D eigenvalue weighted by atomic mass is 10.3. The number of hydrogen-bond acceptors (Lipinski definition) is 6. The van der Waals surface area contributed by atoms with Crippen molar-refractivity contribution in [2.45, 2.75) is 33.6 Å². The summed E-state index contributed by atoms with van der Waals surface area (Å²) in [7, 11) is 0. The van der Waals surface area contributed by atoms with Crippen LogP contribution in [0.4, 0.5) is 0 Å². The molecule has 6 heteroatoms. The highest BCUT2D eigenvalue weighted by molar-refractivity contribution is 7.21. The summed E-state index contributed by atoms with van der Waals surface area (Å²) in [5.74, 6) is 0. The second kappa shape index (κ2) is 6.36. The van der Waals surface area contributed by atoms with E-state index in [1.54, 1.807) is 22.7 Å². The van der Waals surface area contributed by atoms with E-state index in [1.807, 2.05) is 13.8 Å². The molecule has 2 aromatic heterocycles. The zero-order valence-corrected chi connectivity index (χ0v) is 12.6. The first-order chi connectivity index (χ1) is 8.70. The Morgan fingerprint density at radius 1 is 1.17 bits per heavy atom. The first kappa shape index (κ1) is 13.6. The molecule has 0 aliphatic carbocycles. The Kier molecular flexibility index (Phi) is 4.79. The van der Waals surface area contributed by atoms with Crippen LogP contribution in [0.3, 0.4) is 0 Å². The van der Waals surface area contributed by atoms with Crippen molar-refractivity contribution in [2.75, 3.05) is 13.1 Å². The smallest absolute Gasteiger partial charge is 0.159 e. The predicted octanol–water partition coefficient (Wildman–Crippen LogP) is 2.82. The molecule has 0 aliphatic rings. The van der Waals surface area contributed by atoms with Crippen LogP contribution in [0.25, 0.3) is 9.88 Å². The maximum Gasteiger partial charge on any atom is 0.159 e. The van der Waals surface area contributed by atoms with Crippen molar-refractivity contribution in [1.29, 1.82) is 0 Å². The summed E-state index contributed by atoms with van der Waals surface area (Å²) >= 11 is 3.39. The van der Waals surface area contributed by atoms with Crippen molar-refractivity contribution in [3.8, 4) is 9.88 Å². The molecule has 0 saturated carbocycles. The summed E-state index contributed by atoms with van der Waals surface area (Å²) in [6, 6.07) is 0. The van der Waals surface area contributed by atoms with E-state index in [1.165, 1.54) is 4.88 Å². The van der Waals surface area contributed by atoms with Gasteiger partial charge in [0, 0.05) is 6.42 Å². The third-order valence-electron chi connectivity index (χ3n) is 2.56. The van der Waals surface area contributed by atoms with Crippen LogP contribution in [-0.4, -0.2) is 28.3 Å². The monoisotopic (exact) mass is 282 g/mol. The molecule has 4 nitrogen and oxygen atoms in total. The highest BCUT2D eigenvalue weighted by Crippen LogP contribution is 2.31. The number of nitrogens with zero attached hydrogens (tertiary/aromatic N) is 3. The lowest BCUT2D eigenvalue weighted by Crippen LogP contribution is -2.14. The first-order valence-corrected chi connectivity index (χ1v) is 7.81. The van der Waals surface area contributed by atoms with Crippen LogP contribution in [0.5, 0.6) is 0 Å². The zero-order valence-electron chi connectivity index (χ0n) is 11.0. The quantitative estimate of drug-likeness (QED) is 0.828. The van der Waals surface area contributed by atoms with Gasteiger partial charge in [0.1, 0.15) is 5.01 Å². The van der Waals surface area contributed by atoms with Gasteiger partial charge in [0.2, 0.25) is 0 Å². The molecule has 1 N–H and O–H groups in total. The van der Waals surface area contributed by atoms with Gasteiger partial charge in [-0.15, -0.1) is 21.5 Å². The van der Waals surface area contributed by atoms with E-state index in [9.17, 15) is 0 Å². The summed E-state index contributed by atoms with van der Waals surface area (Å²) in [6.07, 6.45) is 2.12. The molecule has 0 fully saturated rings. The highest BCUT2D eigenvalue weighted by Gasteiger charge is 2.12. The number of aryl methyl sites for hydroxylation is 3. The molecule has 0 aromatic carbocycles. The third-order valence-corrected chi connectivity index (χ3v) is 4.77. The van der Waals surface area contributed by atoms with Gasteiger partial charge < -0.3 is 5.32 Å². The van der Waals surface area contributed by atoms with E-state index in [0.717, 1.165) is 46.6 Å². The van der Waals surface area contributed by atoms with Crippen molar-refractivity contribution in [1.82, 2.24) is 20.5 Å². The fourth-order valence-corrected chi connectivity index (χ4v) is 3.64. The molecule has 0 saturated heterocycles. The number of thiazole rings is 1. The van der Waals surface area contributed by atoms with E-state index >= 15 is 0 Å². The van der Waals surface area contributed by atoms with Gasteiger partial charge in [-0.05, 0) is 33.4 Å². The minimum atomic E-state index is 1.00. The Bertz CT molecular complexity index is 504. The lowest BCUT2D eigenvalue weighted by molar-refractivity contribution is 0.669. The molecule has 0 atom stereocenters. The van der Waals surface area contributed by atoms with Crippen LogP contribution in [-0.2, 0) is 6.42 Å². The second-order valence-electron chi connectivity index (χ2n) is 4.11. The Labute approximate surface area is 116 Å². The van der Waals surface area contributed by atoms with Crippen molar-refractivity contribution in [3.63, 3.8) is 0 Å². The molecule has 0 aliphatic heterocycles. The van der Waals surface area contributed by atoms with E-state index in [4.69, 9.17) is 0 Å². The molecular formula is C12H18N4S2. The van der Waals surface area contributed by atoms with Gasteiger partial charge in [-0.25, -0.2) is 4.98 Å². The molecule has 0 bridgehead atoms. The normalized spacial score (nSPS) is 11.1. The van der Waals surface area contributed by atoms with E-state index < -0.39 is 0 Å². The lowest BCUT2D eigenvalue weighted by Gasteiger charge is -1.97. The van der Waals surface area contributed by atoms with Gasteiger partial charge in [0.05, 0.1) is 15.6 Å². The standard InChI is InChI=1S/C12H18N4S2/c1-4-13-7-5-6-10-15-16-12(18-10)11-8(2)14-9(3)17-11/h13H,4-7H2,1-3H3. The molecule has 0 spiro atoms. The number of hydrogen-bond donors (Lipinski definition) is 1. The van der Waals surface area contributed by atoms with Crippen molar-refractivity contribution in [3.05, 3.63) is 15.7 Å². The van der Waals surface area contributed by atoms with E-state index in [-0.39, 0.29) is 0 Å². The topological polar surface area (TPSA) is 50.7 Å². The molecular weight excluding hydrogens is 264 g/mol. The Hall–Kier alpha value is -0.850. The SMILES string of the molecule is CCNCCCc1nnc(-c2sc(C)nc2C)s1. The molecule has 0 unspecified atom stereocenters. The Morgan fingerprint density at radius 2 is 2.00 bits per heavy atom. The van der Waals surface area contributed by atoms with Gasteiger partial charge in [-0.1, -0.05) is 18.3 Å². The molecule has 0 amide bonds. The highest BCUT2D eigenvalue weighted by atomic mass is 32.1. The van der Waals surface area contributed by atoms with E-state index in [0.29, 0.717) is 0 Å². The molecule has 18 heavy (non-hydrogen) atoms. The second-order valence-corrected chi connectivity index (χ2v) is 6.37. The summed E-state index contributed by atoms with van der Waals surface area (Å²) in [4.78, 5) is 5.60. The van der Waals surface area contributed by atoms with Crippen molar-refractivity contribution >= 4 is 22.7 Å². The summed E-state index contributed by atoms with van der Waals surface area (Å²) in [5.41, 5.74) is 1.06. The first-order valence-electron chi connectivity index (χ1n) is 6.18. The predicted molar refractivity (Wildman–Crippen MR) is 77.4 cm³/mol. The van der Waals surface area contributed by atoms with Gasteiger partial charge in [-0.3, -0.25) is 0 Å². The molecule has 98 valence electrons. The summed E-state index contributed by atoms with van der Waals surface area (Å²) < 4.78 is 0. The fourth-order valence-electron chi connectivity index (χ4n) is 1.72. The van der Waals surface area contributed by atoms with E-state index in [2.05, 4.69) is 27.4 Å². The molecule has 2 rings (SSSR count). The van der Waals surface area contributed by atoms with Crippen LogP contribution in [0, 0.1) is 13.8 Å². The zero-order chi connectivity index (χ0) is 13.0. The van der Waals surface area contributed by atoms with Crippen molar-refractivity contribution in [2.24, 2.45) is 0 Å². The number of aromatic nitrogens is 3. The third kappa shape index (κ3) is 3.34. The van der Waals surface area contributed by atoms with Crippen LogP contribution >= 0.6 is 22.7 Å². The Morgan fingerprint density at radius 3 is 2.67 bits per heavy atom. The fraction of sp³-hybridized carbons (Fsp3) is 0.583. The maximum absolute atomic E-state index is 4.43. The summed E-state index contributed by atoms with van der Waals surface area (Å²) in [6.45, 7) is 8.26. The minimum Gasteiger partial charge on any atom is -0.317 e.